The lowest BCUT2D eigenvalue weighted by atomic mass is 9.66. The summed E-state index contributed by atoms with van der Waals surface area (Å²) in [5.41, 5.74) is 3.02. The molecule has 4 rings (SSSR count). The van der Waals surface area contributed by atoms with E-state index in [1.165, 1.54) is 0 Å². The number of ketones is 1. The topological polar surface area (TPSA) is 74.3 Å². The summed E-state index contributed by atoms with van der Waals surface area (Å²) in [6.07, 6.45) is 2.35. The molecule has 3 aliphatic rings. The van der Waals surface area contributed by atoms with Crippen molar-refractivity contribution in [1.82, 2.24) is 4.90 Å². The van der Waals surface area contributed by atoms with Crippen LogP contribution >= 0.6 is 0 Å². The molecule has 0 unspecified atom stereocenters. The molecule has 1 aliphatic carbocycles. The Balaban J connectivity index is 1.57. The molecule has 2 saturated heterocycles. The molecule has 2 heterocycles. The number of carbonyl (C=O) groups excluding carboxylic acids is 2. The van der Waals surface area contributed by atoms with Gasteiger partial charge >= 0.3 is 13.2 Å². The van der Waals surface area contributed by atoms with E-state index in [4.69, 9.17) is 18.8 Å². The molecule has 38 heavy (non-hydrogen) atoms. The molecule has 8 heteroatoms. The van der Waals surface area contributed by atoms with Crippen molar-refractivity contribution < 1.29 is 28.4 Å². The first-order valence-corrected chi connectivity index (χ1v) is 13.7. The quantitative estimate of drug-likeness (QED) is 0.496. The number of hydrogen-bond donors (Lipinski definition) is 0. The van der Waals surface area contributed by atoms with E-state index < -0.39 is 23.9 Å². The van der Waals surface area contributed by atoms with Crippen LogP contribution < -0.4 is 5.46 Å². The van der Waals surface area contributed by atoms with Gasteiger partial charge in [0.05, 0.1) is 23.9 Å². The van der Waals surface area contributed by atoms with Gasteiger partial charge in [-0.25, -0.2) is 4.79 Å². The summed E-state index contributed by atoms with van der Waals surface area (Å²) < 4.78 is 24.0. The third kappa shape index (κ3) is 5.39. The van der Waals surface area contributed by atoms with Gasteiger partial charge in [0.1, 0.15) is 11.4 Å². The smallest absolute Gasteiger partial charge is 0.494 e. The van der Waals surface area contributed by atoms with Gasteiger partial charge in [0, 0.05) is 25.9 Å². The highest BCUT2D eigenvalue weighted by atomic mass is 16.7. The van der Waals surface area contributed by atoms with Crippen molar-refractivity contribution >= 4 is 30.0 Å². The van der Waals surface area contributed by atoms with E-state index in [9.17, 15) is 9.59 Å². The van der Waals surface area contributed by atoms with E-state index >= 15 is 0 Å². The molecule has 0 radical (unpaired) electrons. The van der Waals surface area contributed by atoms with Crippen molar-refractivity contribution in [3.05, 3.63) is 34.6 Å². The second-order valence-corrected chi connectivity index (χ2v) is 13.4. The number of amides is 1. The Labute approximate surface area is 228 Å². The van der Waals surface area contributed by atoms with Crippen molar-refractivity contribution in [2.75, 3.05) is 20.2 Å². The van der Waals surface area contributed by atoms with Crippen molar-refractivity contribution in [1.29, 1.82) is 0 Å². The fourth-order valence-corrected chi connectivity index (χ4v) is 5.88. The number of hydrogen-bond acceptors (Lipinski definition) is 6. The molecule has 1 aromatic carbocycles. The molecular formula is C30H44BNO6. The summed E-state index contributed by atoms with van der Waals surface area (Å²) >= 11 is 0. The minimum absolute atomic E-state index is 0.105. The average molecular weight is 525 g/mol. The van der Waals surface area contributed by atoms with Gasteiger partial charge < -0.3 is 23.7 Å². The molecule has 0 bridgehead atoms. The van der Waals surface area contributed by atoms with Crippen LogP contribution in [0.4, 0.5) is 4.79 Å². The fraction of sp³-hybridized carbons (Fsp3) is 0.667. The molecule has 2 aliphatic heterocycles. The molecular weight excluding hydrogens is 481 g/mol. The number of likely N-dealkylation sites (tertiary alicyclic amines) is 1. The summed E-state index contributed by atoms with van der Waals surface area (Å²) in [5.74, 6) is 0.843. The first-order chi connectivity index (χ1) is 17.5. The van der Waals surface area contributed by atoms with E-state index in [1.807, 2.05) is 62.3 Å². The van der Waals surface area contributed by atoms with Crippen LogP contribution in [0.1, 0.15) is 90.8 Å². The number of piperidine rings is 1. The van der Waals surface area contributed by atoms with Crippen LogP contribution in [-0.4, -0.2) is 60.9 Å². The summed E-state index contributed by atoms with van der Waals surface area (Å²) in [6.45, 7) is 19.0. The van der Waals surface area contributed by atoms with E-state index in [1.54, 1.807) is 12.0 Å². The Hall–Kier alpha value is -2.32. The molecule has 7 nitrogen and oxygen atoms in total. The molecule has 0 aromatic heterocycles. The van der Waals surface area contributed by atoms with Crippen molar-refractivity contribution in [2.45, 2.75) is 105 Å². The van der Waals surface area contributed by atoms with E-state index in [-0.39, 0.29) is 17.3 Å². The number of allylic oxidation sites excluding steroid dienone is 2. The summed E-state index contributed by atoms with van der Waals surface area (Å²) in [7, 11) is 1.20. The number of aryl methyl sites for hydroxylation is 2. The van der Waals surface area contributed by atoms with Gasteiger partial charge in [-0.05, 0) is 103 Å². The van der Waals surface area contributed by atoms with E-state index in [0.29, 0.717) is 31.5 Å². The molecule has 1 spiro atoms. The van der Waals surface area contributed by atoms with Gasteiger partial charge in [0.25, 0.3) is 0 Å². The maximum Gasteiger partial charge on any atom is 0.494 e. The maximum absolute atomic E-state index is 13.8. The normalized spacial score (nSPS) is 22.7. The number of rotatable bonds is 3. The minimum atomic E-state index is -0.526. The number of nitrogens with zero attached hydrogens (tertiary/aromatic N) is 1. The third-order valence-electron chi connectivity index (χ3n) is 8.68. The molecule has 1 amide bonds. The zero-order chi connectivity index (χ0) is 28.3. The molecule has 0 N–H and O–H groups in total. The highest BCUT2D eigenvalue weighted by Gasteiger charge is 2.52. The highest BCUT2D eigenvalue weighted by Crippen LogP contribution is 2.48. The third-order valence-corrected chi connectivity index (χ3v) is 8.68. The van der Waals surface area contributed by atoms with Crippen LogP contribution in [0, 0.1) is 19.3 Å². The van der Waals surface area contributed by atoms with E-state index in [0.717, 1.165) is 40.8 Å². The molecule has 1 aromatic rings. The van der Waals surface area contributed by atoms with Gasteiger partial charge in [-0.3, -0.25) is 4.79 Å². The highest BCUT2D eigenvalue weighted by molar-refractivity contribution is 6.62. The summed E-state index contributed by atoms with van der Waals surface area (Å²) in [4.78, 5) is 28.1. The maximum atomic E-state index is 13.8. The van der Waals surface area contributed by atoms with Gasteiger partial charge in [0.2, 0.25) is 0 Å². The Kier molecular flexibility index (Phi) is 7.33. The average Bonchev–Trinajstić information content (AvgIpc) is 3.00. The predicted octanol–water partition coefficient (Wildman–Crippen LogP) is 5.34. The lowest BCUT2D eigenvalue weighted by Gasteiger charge is -2.44. The summed E-state index contributed by atoms with van der Waals surface area (Å²) in [5, 5.41) is 0. The monoisotopic (exact) mass is 525 g/mol. The lowest BCUT2D eigenvalue weighted by Crippen LogP contribution is -2.47. The first kappa shape index (κ1) is 28.7. The second kappa shape index (κ2) is 9.70. The van der Waals surface area contributed by atoms with Crippen molar-refractivity contribution in [3.63, 3.8) is 0 Å². The van der Waals surface area contributed by atoms with Gasteiger partial charge in [-0.15, -0.1) is 0 Å². The van der Waals surface area contributed by atoms with Crippen LogP contribution in [-0.2, 0) is 23.6 Å². The van der Waals surface area contributed by atoms with Crippen molar-refractivity contribution in [2.24, 2.45) is 5.41 Å². The number of methoxy groups -OCH3 is 1. The number of carbonyl (C=O) groups is 2. The number of Topliss-reactive ketones (excluding diaryl/α,β-unsaturated/α-hetero) is 1. The molecule has 0 saturated carbocycles. The Morgan fingerprint density at radius 2 is 1.50 bits per heavy atom. The van der Waals surface area contributed by atoms with Crippen molar-refractivity contribution in [3.8, 4) is 0 Å². The standard InChI is InChI=1S/C30H44BNO6/c1-19-15-21(31-37-28(6,7)29(8,9)38-31)16-20(2)24(19)25-22(33)17-30(18-23(25)35-10)11-13-32(14-12-30)26(34)36-27(3,4)5/h15-16H,11-14,17-18H2,1-10H3. The van der Waals surface area contributed by atoms with Crippen LogP contribution in [0.3, 0.4) is 0 Å². The molecule has 208 valence electrons. The summed E-state index contributed by atoms with van der Waals surface area (Å²) in [6, 6.07) is 4.14. The zero-order valence-corrected chi connectivity index (χ0v) is 24.9. The van der Waals surface area contributed by atoms with Crippen LogP contribution in [0.5, 0.6) is 0 Å². The largest absolute Gasteiger partial charge is 0.500 e. The van der Waals surface area contributed by atoms with Crippen LogP contribution in [0.15, 0.2) is 17.9 Å². The van der Waals surface area contributed by atoms with Gasteiger partial charge in [-0.2, -0.15) is 0 Å². The molecule has 0 atom stereocenters. The lowest BCUT2D eigenvalue weighted by molar-refractivity contribution is -0.117. The van der Waals surface area contributed by atoms with Crippen LogP contribution in [0.2, 0.25) is 0 Å². The molecule has 2 fully saturated rings. The van der Waals surface area contributed by atoms with Gasteiger partial charge in [0.15, 0.2) is 5.78 Å². The Bertz CT molecular complexity index is 1110. The zero-order valence-electron chi connectivity index (χ0n) is 24.9. The first-order valence-electron chi connectivity index (χ1n) is 13.7. The predicted molar refractivity (Wildman–Crippen MR) is 149 cm³/mol. The SMILES string of the molecule is COC1=C(c2c(C)cc(B3OC(C)(C)C(C)(C)O3)cc2C)C(=O)CC2(CCN(C(=O)OC(C)(C)C)CC2)C1. The van der Waals surface area contributed by atoms with Gasteiger partial charge in [-0.1, -0.05) is 12.1 Å². The second-order valence-electron chi connectivity index (χ2n) is 13.4. The minimum Gasteiger partial charge on any atom is -0.500 e. The van der Waals surface area contributed by atoms with Crippen LogP contribution in [0.25, 0.3) is 5.57 Å². The fourth-order valence-electron chi connectivity index (χ4n) is 5.88. The number of benzene rings is 1. The Morgan fingerprint density at radius 1 is 0.974 bits per heavy atom. The van der Waals surface area contributed by atoms with E-state index in [2.05, 4.69) is 12.1 Å². The number of ether oxygens (including phenoxy) is 2. The Morgan fingerprint density at radius 3 is 1.97 bits per heavy atom.